The zero-order chi connectivity index (χ0) is 16.9. The minimum atomic E-state index is -0.287. The molecule has 1 aliphatic rings. The summed E-state index contributed by atoms with van der Waals surface area (Å²) in [4.78, 5) is 28.3. The predicted molar refractivity (Wildman–Crippen MR) is 92.2 cm³/mol. The molecule has 1 aromatic carbocycles. The molecule has 0 saturated heterocycles. The van der Waals surface area contributed by atoms with Crippen molar-refractivity contribution in [1.82, 2.24) is 15.6 Å². The van der Waals surface area contributed by atoms with E-state index >= 15 is 0 Å². The van der Waals surface area contributed by atoms with Gasteiger partial charge in [-0.15, -0.1) is 0 Å². The fourth-order valence-electron chi connectivity index (χ4n) is 2.24. The van der Waals surface area contributed by atoms with Gasteiger partial charge >= 0.3 is 0 Å². The lowest BCUT2D eigenvalue weighted by Crippen LogP contribution is -2.29. The van der Waals surface area contributed by atoms with Crippen LogP contribution in [0.15, 0.2) is 42.5 Å². The van der Waals surface area contributed by atoms with Crippen molar-refractivity contribution in [2.75, 3.05) is 6.54 Å². The topological polar surface area (TPSA) is 71.1 Å². The number of benzene rings is 1. The Labute approximate surface area is 145 Å². The van der Waals surface area contributed by atoms with Crippen molar-refractivity contribution in [3.05, 3.63) is 64.4 Å². The standard InChI is InChI=1S/C18H18ClN3O2/c19-13-6-4-12(5-7-13)10-11-20-17(23)15-2-1-3-16(22-15)18(24)21-14-8-9-14/h1-7,14H,8-11H2,(H,20,23)(H,21,24). The lowest BCUT2D eigenvalue weighted by atomic mass is 10.1. The first kappa shape index (κ1) is 16.5. The van der Waals surface area contributed by atoms with Crippen LogP contribution < -0.4 is 10.6 Å². The summed E-state index contributed by atoms with van der Waals surface area (Å²) in [5, 5.41) is 6.36. The number of hydrogen-bond donors (Lipinski definition) is 2. The van der Waals surface area contributed by atoms with Crippen molar-refractivity contribution in [2.24, 2.45) is 0 Å². The molecule has 1 heterocycles. The highest BCUT2D eigenvalue weighted by molar-refractivity contribution is 6.30. The molecular formula is C18H18ClN3O2. The Hall–Kier alpha value is -2.40. The van der Waals surface area contributed by atoms with Gasteiger partial charge in [0.2, 0.25) is 0 Å². The Morgan fingerprint density at radius 2 is 1.71 bits per heavy atom. The number of carbonyl (C=O) groups excluding carboxylic acids is 2. The van der Waals surface area contributed by atoms with Gasteiger partial charge in [-0.3, -0.25) is 9.59 Å². The summed E-state index contributed by atoms with van der Waals surface area (Å²) < 4.78 is 0. The fraction of sp³-hybridized carbons (Fsp3) is 0.278. The molecule has 24 heavy (non-hydrogen) atoms. The van der Waals surface area contributed by atoms with Crippen LogP contribution in [0.3, 0.4) is 0 Å². The number of hydrogen-bond acceptors (Lipinski definition) is 3. The smallest absolute Gasteiger partial charge is 0.270 e. The van der Waals surface area contributed by atoms with Crippen LogP contribution in [-0.4, -0.2) is 29.4 Å². The first-order valence-electron chi connectivity index (χ1n) is 7.92. The number of nitrogens with one attached hydrogen (secondary N) is 2. The molecule has 1 aliphatic carbocycles. The highest BCUT2D eigenvalue weighted by Crippen LogP contribution is 2.19. The highest BCUT2D eigenvalue weighted by Gasteiger charge is 2.24. The number of carbonyl (C=O) groups is 2. The molecule has 0 aliphatic heterocycles. The van der Waals surface area contributed by atoms with E-state index < -0.39 is 0 Å². The summed E-state index contributed by atoms with van der Waals surface area (Å²) in [6.07, 6.45) is 2.72. The molecule has 3 rings (SSSR count). The van der Waals surface area contributed by atoms with Gasteiger partial charge in [0.15, 0.2) is 0 Å². The lowest BCUT2D eigenvalue weighted by molar-refractivity contribution is 0.0943. The normalized spacial score (nSPS) is 13.4. The van der Waals surface area contributed by atoms with Crippen molar-refractivity contribution in [2.45, 2.75) is 25.3 Å². The van der Waals surface area contributed by atoms with Gasteiger partial charge in [0.25, 0.3) is 11.8 Å². The highest BCUT2D eigenvalue weighted by atomic mass is 35.5. The van der Waals surface area contributed by atoms with Gasteiger partial charge in [-0.25, -0.2) is 4.98 Å². The minimum Gasteiger partial charge on any atom is -0.350 e. The molecule has 2 aromatic rings. The maximum atomic E-state index is 12.2. The van der Waals surface area contributed by atoms with Gasteiger partial charge in [0, 0.05) is 17.6 Å². The predicted octanol–water partition coefficient (Wildman–Crippen LogP) is 2.60. The second-order valence-corrected chi connectivity index (χ2v) is 6.22. The van der Waals surface area contributed by atoms with E-state index in [0.29, 0.717) is 18.0 Å². The summed E-state index contributed by atoms with van der Waals surface area (Å²) in [6, 6.07) is 12.6. The molecule has 0 atom stereocenters. The Morgan fingerprint density at radius 3 is 2.38 bits per heavy atom. The fourth-order valence-corrected chi connectivity index (χ4v) is 2.36. The van der Waals surface area contributed by atoms with E-state index in [0.717, 1.165) is 18.4 Å². The van der Waals surface area contributed by atoms with Crippen molar-refractivity contribution >= 4 is 23.4 Å². The molecule has 1 saturated carbocycles. The summed E-state index contributed by atoms with van der Waals surface area (Å²) in [5.41, 5.74) is 1.60. The summed E-state index contributed by atoms with van der Waals surface area (Å²) in [5.74, 6) is -0.515. The molecule has 124 valence electrons. The summed E-state index contributed by atoms with van der Waals surface area (Å²) in [6.45, 7) is 0.487. The lowest BCUT2D eigenvalue weighted by Gasteiger charge is -2.07. The van der Waals surface area contributed by atoms with Crippen LogP contribution in [0.25, 0.3) is 0 Å². The number of rotatable bonds is 6. The maximum Gasteiger partial charge on any atom is 0.270 e. The van der Waals surface area contributed by atoms with Crippen molar-refractivity contribution in [3.8, 4) is 0 Å². The van der Waals surface area contributed by atoms with Crippen LogP contribution in [0.2, 0.25) is 5.02 Å². The number of amides is 2. The average Bonchev–Trinajstić information content (AvgIpc) is 3.40. The van der Waals surface area contributed by atoms with E-state index in [1.54, 1.807) is 18.2 Å². The molecule has 0 bridgehead atoms. The third-order valence-corrected chi connectivity index (χ3v) is 3.99. The third-order valence-electron chi connectivity index (χ3n) is 3.74. The van der Waals surface area contributed by atoms with Gasteiger partial charge < -0.3 is 10.6 Å². The maximum absolute atomic E-state index is 12.2. The Bertz CT molecular complexity index is 742. The third kappa shape index (κ3) is 4.55. The number of pyridine rings is 1. The van der Waals surface area contributed by atoms with E-state index in [9.17, 15) is 9.59 Å². The largest absolute Gasteiger partial charge is 0.350 e. The van der Waals surface area contributed by atoms with Gasteiger partial charge in [0.05, 0.1) is 0 Å². The molecule has 5 nitrogen and oxygen atoms in total. The van der Waals surface area contributed by atoms with Gasteiger partial charge in [-0.1, -0.05) is 29.8 Å². The van der Waals surface area contributed by atoms with Crippen LogP contribution in [0.5, 0.6) is 0 Å². The number of nitrogens with zero attached hydrogens (tertiary/aromatic N) is 1. The zero-order valence-electron chi connectivity index (χ0n) is 13.1. The monoisotopic (exact) mass is 343 g/mol. The van der Waals surface area contributed by atoms with E-state index in [-0.39, 0.29) is 29.2 Å². The SMILES string of the molecule is O=C(NCCc1ccc(Cl)cc1)c1cccc(C(=O)NC2CC2)n1. The summed E-state index contributed by atoms with van der Waals surface area (Å²) >= 11 is 5.84. The Morgan fingerprint density at radius 1 is 1.04 bits per heavy atom. The number of halogens is 1. The molecule has 1 fully saturated rings. The first-order chi connectivity index (χ1) is 11.6. The minimum absolute atomic E-state index is 0.228. The van der Waals surface area contributed by atoms with E-state index in [1.807, 2.05) is 24.3 Å². The molecule has 6 heteroatoms. The Kier molecular flexibility index (Phi) is 5.11. The zero-order valence-corrected chi connectivity index (χ0v) is 13.8. The molecule has 2 N–H and O–H groups in total. The molecule has 0 spiro atoms. The van der Waals surface area contributed by atoms with E-state index in [4.69, 9.17) is 11.6 Å². The van der Waals surface area contributed by atoms with E-state index in [2.05, 4.69) is 15.6 Å². The Balaban J connectivity index is 1.54. The van der Waals surface area contributed by atoms with Gasteiger partial charge in [-0.05, 0) is 49.1 Å². The van der Waals surface area contributed by atoms with E-state index in [1.165, 1.54) is 0 Å². The molecule has 2 amide bonds. The van der Waals surface area contributed by atoms with Gasteiger partial charge in [-0.2, -0.15) is 0 Å². The summed E-state index contributed by atoms with van der Waals surface area (Å²) in [7, 11) is 0. The van der Waals surface area contributed by atoms with Crippen molar-refractivity contribution in [3.63, 3.8) is 0 Å². The second-order valence-electron chi connectivity index (χ2n) is 5.79. The van der Waals surface area contributed by atoms with Gasteiger partial charge in [0.1, 0.15) is 11.4 Å². The van der Waals surface area contributed by atoms with Crippen LogP contribution in [0, 0.1) is 0 Å². The number of aromatic nitrogens is 1. The van der Waals surface area contributed by atoms with Crippen LogP contribution in [0.1, 0.15) is 39.4 Å². The molecule has 1 aromatic heterocycles. The first-order valence-corrected chi connectivity index (χ1v) is 8.30. The van der Waals surface area contributed by atoms with Crippen LogP contribution >= 0.6 is 11.6 Å². The molecule has 0 unspecified atom stereocenters. The molecule has 0 radical (unpaired) electrons. The van der Waals surface area contributed by atoms with Crippen LogP contribution in [0.4, 0.5) is 0 Å². The second kappa shape index (κ2) is 7.45. The average molecular weight is 344 g/mol. The molecular weight excluding hydrogens is 326 g/mol. The quantitative estimate of drug-likeness (QED) is 0.847. The van der Waals surface area contributed by atoms with Crippen molar-refractivity contribution < 1.29 is 9.59 Å². The van der Waals surface area contributed by atoms with Crippen molar-refractivity contribution in [1.29, 1.82) is 0 Å². The van der Waals surface area contributed by atoms with Crippen LogP contribution in [-0.2, 0) is 6.42 Å².